The molecule has 2 heterocycles. The Morgan fingerprint density at radius 1 is 1.26 bits per heavy atom. The van der Waals surface area contributed by atoms with Gasteiger partial charge in [-0.05, 0) is 24.3 Å². The Balaban J connectivity index is 1.67. The molecule has 0 saturated carbocycles. The van der Waals surface area contributed by atoms with Gasteiger partial charge in [-0.1, -0.05) is 17.7 Å². The van der Waals surface area contributed by atoms with E-state index in [4.69, 9.17) is 16.0 Å². The molecule has 23 heavy (non-hydrogen) atoms. The van der Waals surface area contributed by atoms with E-state index in [2.05, 4.69) is 20.6 Å². The smallest absolute Gasteiger partial charge is 0.191 e. The summed E-state index contributed by atoms with van der Waals surface area (Å²) in [6, 6.07) is 9.49. The van der Waals surface area contributed by atoms with Crippen LogP contribution < -0.4 is 10.6 Å². The molecule has 0 spiro atoms. The van der Waals surface area contributed by atoms with Gasteiger partial charge in [0, 0.05) is 14.1 Å². The number of guanidine groups is 1. The number of nitrogens with zero attached hydrogens (tertiary/aromatic N) is 3. The van der Waals surface area contributed by atoms with Crippen LogP contribution in [0.5, 0.6) is 0 Å². The van der Waals surface area contributed by atoms with Gasteiger partial charge in [0.2, 0.25) is 0 Å². The summed E-state index contributed by atoms with van der Waals surface area (Å²) in [6.45, 7) is 1.11. The van der Waals surface area contributed by atoms with E-state index in [0.717, 1.165) is 22.6 Å². The third kappa shape index (κ3) is 3.32. The molecule has 2 aromatic heterocycles. The molecule has 0 aliphatic rings. The van der Waals surface area contributed by atoms with Crippen molar-refractivity contribution in [2.75, 3.05) is 7.05 Å². The minimum Gasteiger partial charge on any atom is -0.467 e. The van der Waals surface area contributed by atoms with Crippen LogP contribution in [0.1, 0.15) is 11.6 Å². The second kappa shape index (κ2) is 6.75. The molecule has 0 atom stereocenters. The van der Waals surface area contributed by atoms with E-state index < -0.39 is 0 Å². The number of imidazole rings is 1. The van der Waals surface area contributed by atoms with Crippen LogP contribution in [0.25, 0.3) is 11.0 Å². The number of para-hydroxylation sites is 1. The van der Waals surface area contributed by atoms with Crippen LogP contribution in [0.2, 0.25) is 5.02 Å². The molecule has 0 saturated heterocycles. The number of halogens is 1. The van der Waals surface area contributed by atoms with E-state index >= 15 is 0 Å². The third-order valence-corrected chi connectivity index (χ3v) is 3.89. The number of hydrogen-bond acceptors (Lipinski definition) is 3. The van der Waals surface area contributed by atoms with Gasteiger partial charge in [0.15, 0.2) is 5.96 Å². The Morgan fingerprint density at radius 2 is 2.09 bits per heavy atom. The van der Waals surface area contributed by atoms with Crippen LogP contribution in [0.3, 0.4) is 0 Å². The fourth-order valence-electron chi connectivity index (χ4n) is 2.39. The lowest BCUT2D eigenvalue weighted by molar-refractivity contribution is 0.501. The Hall–Kier alpha value is -2.47. The summed E-state index contributed by atoms with van der Waals surface area (Å²) in [5.74, 6) is 2.41. The van der Waals surface area contributed by atoms with Crippen molar-refractivity contribution < 1.29 is 4.42 Å². The van der Waals surface area contributed by atoms with E-state index in [1.165, 1.54) is 0 Å². The van der Waals surface area contributed by atoms with Crippen LogP contribution in [-0.4, -0.2) is 22.6 Å². The maximum atomic E-state index is 6.24. The topological polar surface area (TPSA) is 67.4 Å². The second-order valence-electron chi connectivity index (χ2n) is 5.05. The normalized spacial score (nSPS) is 11.9. The molecule has 6 nitrogen and oxygen atoms in total. The average molecular weight is 332 g/mol. The van der Waals surface area contributed by atoms with Gasteiger partial charge in [0.1, 0.15) is 11.6 Å². The molecule has 0 fully saturated rings. The summed E-state index contributed by atoms with van der Waals surface area (Å²) < 4.78 is 7.28. The lowest BCUT2D eigenvalue weighted by Crippen LogP contribution is -2.36. The van der Waals surface area contributed by atoms with Crippen molar-refractivity contribution >= 4 is 28.6 Å². The zero-order valence-electron chi connectivity index (χ0n) is 13.0. The van der Waals surface area contributed by atoms with Gasteiger partial charge in [0.05, 0.1) is 35.4 Å². The van der Waals surface area contributed by atoms with Crippen LogP contribution in [0, 0.1) is 0 Å². The predicted octanol–water partition coefficient (Wildman–Crippen LogP) is 2.68. The molecule has 0 amide bonds. The van der Waals surface area contributed by atoms with Crippen molar-refractivity contribution in [3.63, 3.8) is 0 Å². The van der Waals surface area contributed by atoms with E-state index in [1.54, 1.807) is 13.3 Å². The monoisotopic (exact) mass is 331 g/mol. The first kappa shape index (κ1) is 15.4. The zero-order chi connectivity index (χ0) is 16.2. The minimum absolute atomic E-state index is 0.541. The summed E-state index contributed by atoms with van der Waals surface area (Å²) in [7, 11) is 3.68. The number of aromatic nitrogens is 2. The third-order valence-electron chi connectivity index (χ3n) is 3.59. The van der Waals surface area contributed by atoms with Crippen molar-refractivity contribution in [3.05, 3.63) is 53.2 Å². The number of benzene rings is 1. The van der Waals surface area contributed by atoms with Crippen LogP contribution in [0.4, 0.5) is 0 Å². The first-order valence-electron chi connectivity index (χ1n) is 7.25. The number of furan rings is 1. The van der Waals surface area contributed by atoms with Crippen LogP contribution in [0.15, 0.2) is 46.0 Å². The van der Waals surface area contributed by atoms with E-state index in [9.17, 15) is 0 Å². The van der Waals surface area contributed by atoms with Gasteiger partial charge in [-0.2, -0.15) is 0 Å². The molecular weight excluding hydrogens is 314 g/mol. The van der Waals surface area contributed by atoms with Crippen molar-refractivity contribution in [3.8, 4) is 0 Å². The van der Waals surface area contributed by atoms with Crippen molar-refractivity contribution in [2.45, 2.75) is 13.1 Å². The summed E-state index contributed by atoms with van der Waals surface area (Å²) in [4.78, 5) is 8.80. The second-order valence-corrected chi connectivity index (χ2v) is 5.46. The molecule has 120 valence electrons. The zero-order valence-corrected chi connectivity index (χ0v) is 13.8. The highest BCUT2D eigenvalue weighted by atomic mass is 35.5. The first-order chi connectivity index (χ1) is 11.2. The maximum Gasteiger partial charge on any atom is 0.191 e. The number of hydrogen-bond donors (Lipinski definition) is 2. The molecule has 3 aromatic rings. The van der Waals surface area contributed by atoms with E-state index in [-0.39, 0.29) is 0 Å². The molecular formula is C16H18ClN5O. The fraction of sp³-hybridized carbons (Fsp3) is 0.250. The highest BCUT2D eigenvalue weighted by molar-refractivity contribution is 6.35. The number of aliphatic imine (C=N–C) groups is 1. The number of nitrogens with one attached hydrogen (secondary N) is 2. The van der Waals surface area contributed by atoms with Crippen molar-refractivity contribution in [1.29, 1.82) is 0 Å². The van der Waals surface area contributed by atoms with Gasteiger partial charge in [0.25, 0.3) is 0 Å². The summed E-state index contributed by atoms with van der Waals surface area (Å²) in [6.07, 6.45) is 1.65. The lowest BCUT2D eigenvalue weighted by Gasteiger charge is -2.11. The largest absolute Gasteiger partial charge is 0.467 e. The Kier molecular flexibility index (Phi) is 4.52. The summed E-state index contributed by atoms with van der Waals surface area (Å²) in [5.41, 5.74) is 1.82. The van der Waals surface area contributed by atoms with Gasteiger partial charge < -0.3 is 19.6 Å². The quantitative estimate of drug-likeness (QED) is 0.570. The standard InChI is InChI=1S/C16H18ClN5O/c1-18-16(19-9-11-5-4-8-23-11)20-10-14-21-13-7-3-6-12(17)15(13)22(14)2/h3-8H,9-10H2,1-2H3,(H2,18,19,20). The molecule has 0 aliphatic carbocycles. The molecule has 0 radical (unpaired) electrons. The number of fused-ring (bicyclic) bond motifs is 1. The highest BCUT2D eigenvalue weighted by Gasteiger charge is 2.10. The Bertz CT molecular complexity index is 822. The SMILES string of the molecule is CN=C(NCc1ccco1)NCc1nc2cccc(Cl)c2n1C. The van der Waals surface area contributed by atoms with E-state index in [1.807, 2.05) is 41.9 Å². The molecule has 7 heteroatoms. The van der Waals surface area contributed by atoms with Gasteiger partial charge in [-0.15, -0.1) is 0 Å². The Labute approximate surface area is 139 Å². The van der Waals surface area contributed by atoms with Gasteiger partial charge >= 0.3 is 0 Å². The number of rotatable bonds is 4. The van der Waals surface area contributed by atoms with Crippen LogP contribution in [-0.2, 0) is 20.1 Å². The van der Waals surface area contributed by atoms with Crippen molar-refractivity contribution in [1.82, 2.24) is 20.2 Å². The molecule has 0 aliphatic heterocycles. The van der Waals surface area contributed by atoms with Gasteiger partial charge in [-0.25, -0.2) is 4.98 Å². The summed E-state index contributed by atoms with van der Waals surface area (Å²) >= 11 is 6.24. The molecule has 2 N–H and O–H groups in total. The van der Waals surface area contributed by atoms with E-state index in [0.29, 0.717) is 24.1 Å². The lowest BCUT2D eigenvalue weighted by atomic mass is 10.3. The van der Waals surface area contributed by atoms with Crippen LogP contribution >= 0.6 is 11.6 Å². The number of aryl methyl sites for hydroxylation is 1. The molecule has 3 rings (SSSR count). The fourth-order valence-corrected chi connectivity index (χ4v) is 2.69. The Morgan fingerprint density at radius 3 is 2.78 bits per heavy atom. The maximum absolute atomic E-state index is 6.24. The van der Waals surface area contributed by atoms with Gasteiger partial charge in [-0.3, -0.25) is 4.99 Å². The minimum atomic E-state index is 0.541. The highest BCUT2D eigenvalue weighted by Crippen LogP contribution is 2.23. The van der Waals surface area contributed by atoms with Crippen molar-refractivity contribution in [2.24, 2.45) is 12.0 Å². The molecule has 1 aromatic carbocycles. The average Bonchev–Trinajstić information content (AvgIpc) is 3.17. The molecule has 0 bridgehead atoms. The molecule has 0 unspecified atom stereocenters. The first-order valence-corrected chi connectivity index (χ1v) is 7.63. The predicted molar refractivity (Wildman–Crippen MR) is 91.5 cm³/mol. The summed E-state index contributed by atoms with van der Waals surface area (Å²) in [5, 5.41) is 7.13.